The van der Waals surface area contributed by atoms with Gasteiger partial charge in [-0.3, -0.25) is 4.57 Å². The zero-order valence-corrected chi connectivity index (χ0v) is 30.0. The van der Waals surface area contributed by atoms with Crippen LogP contribution in [0.3, 0.4) is 0 Å². The number of furan rings is 1. The van der Waals surface area contributed by atoms with Crippen molar-refractivity contribution in [2.24, 2.45) is 0 Å². The predicted octanol–water partition coefficient (Wildman–Crippen LogP) is 14.1. The summed E-state index contributed by atoms with van der Waals surface area (Å²) in [6.07, 6.45) is 0. The first-order valence-corrected chi connectivity index (χ1v) is 19.1. The smallest absolute Gasteiger partial charge is 0.235 e. The van der Waals surface area contributed by atoms with Crippen molar-refractivity contribution in [3.63, 3.8) is 0 Å². The SMILES string of the molecule is c1ccc2c(c1)ccc1cc(-c3nc(-n4c5ccccc5c5c6c7ccccc7c7ccccc7c6c6c7ccccc7oc6c54)nc4ccccc34)ccc12. The highest BCUT2D eigenvalue weighted by Gasteiger charge is 2.27. The molecule has 3 aromatic heterocycles. The lowest BCUT2D eigenvalue weighted by Gasteiger charge is -2.15. The van der Waals surface area contributed by atoms with E-state index in [1.54, 1.807) is 0 Å². The third-order valence-corrected chi connectivity index (χ3v) is 11.9. The van der Waals surface area contributed by atoms with E-state index in [4.69, 9.17) is 14.4 Å². The topological polar surface area (TPSA) is 43.9 Å². The molecule has 0 radical (unpaired) electrons. The van der Waals surface area contributed by atoms with Crippen molar-refractivity contribution in [3.8, 4) is 17.2 Å². The number of nitrogens with zero attached hydrogens (tertiary/aromatic N) is 3. The van der Waals surface area contributed by atoms with Crippen LogP contribution in [0.4, 0.5) is 0 Å². The molecule has 0 aliphatic rings. The first-order valence-electron chi connectivity index (χ1n) is 19.1. The maximum atomic E-state index is 7.04. The van der Waals surface area contributed by atoms with Crippen molar-refractivity contribution >= 4 is 109 Å². The van der Waals surface area contributed by atoms with E-state index in [2.05, 4.69) is 180 Å². The van der Waals surface area contributed by atoms with Crippen LogP contribution in [-0.2, 0) is 0 Å². The molecule has 0 fully saturated rings. The predicted molar refractivity (Wildman–Crippen MR) is 234 cm³/mol. The molecule has 10 aromatic carbocycles. The highest BCUT2D eigenvalue weighted by atomic mass is 16.3. The second-order valence-electron chi connectivity index (χ2n) is 14.8. The lowest BCUT2D eigenvalue weighted by Crippen LogP contribution is -2.03. The zero-order chi connectivity index (χ0) is 36.5. The Kier molecular flexibility index (Phi) is 5.86. The van der Waals surface area contributed by atoms with Crippen LogP contribution in [0.15, 0.2) is 180 Å². The van der Waals surface area contributed by atoms with Gasteiger partial charge in [-0.1, -0.05) is 152 Å². The largest absolute Gasteiger partial charge is 0.454 e. The maximum Gasteiger partial charge on any atom is 0.235 e. The van der Waals surface area contributed by atoms with Gasteiger partial charge in [0.25, 0.3) is 0 Å². The fraction of sp³-hybridized carbons (Fsp3) is 0. The van der Waals surface area contributed by atoms with E-state index in [-0.39, 0.29) is 0 Å². The normalized spacial score (nSPS) is 12.3. The Hall–Kier alpha value is -7.56. The molecule has 56 heavy (non-hydrogen) atoms. The summed E-state index contributed by atoms with van der Waals surface area (Å²) in [5.41, 5.74) is 6.51. The van der Waals surface area contributed by atoms with Crippen molar-refractivity contribution in [2.75, 3.05) is 0 Å². The monoisotopic (exact) mass is 711 g/mol. The van der Waals surface area contributed by atoms with E-state index < -0.39 is 0 Å². The highest BCUT2D eigenvalue weighted by Crippen LogP contribution is 2.50. The standard InChI is InChI=1S/C52H29N3O/c1-2-14-33-30(13-1)25-26-31-29-32(27-28-34(31)33)49-39-19-7-10-22-42(39)53-52(54-49)55-43-23-11-8-20-40(43)47-45-37-17-5-3-15-35(37)36-16-4-6-18-38(36)46(45)48-41-21-9-12-24-44(41)56-51(48)50(47)55/h1-29H. The number of aromatic nitrogens is 3. The third-order valence-electron chi connectivity index (χ3n) is 11.9. The minimum atomic E-state index is 0.606. The molecule has 13 rings (SSSR count). The molecular formula is C52H29N3O. The molecule has 258 valence electrons. The summed E-state index contributed by atoms with van der Waals surface area (Å²) in [4.78, 5) is 10.9. The molecule has 0 amide bonds. The molecule has 0 spiro atoms. The van der Waals surface area contributed by atoms with E-state index in [0.717, 1.165) is 65.9 Å². The molecular weight excluding hydrogens is 683 g/mol. The van der Waals surface area contributed by atoms with Gasteiger partial charge in [-0.25, -0.2) is 9.97 Å². The Labute approximate surface area is 319 Å². The van der Waals surface area contributed by atoms with Crippen molar-refractivity contribution in [2.45, 2.75) is 0 Å². The van der Waals surface area contributed by atoms with Gasteiger partial charge in [-0.15, -0.1) is 0 Å². The van der Waals surface area contributed by atoms with Gasteiger partial charge in [0.15, 0.2) is 5.58 Å². The van der Waals surface area contributed by atoms with Gasteiger partial charge in [-0.2, -0.15) is 0 Å². The molecule has 0 bridgehead atoms. The molecule has 3 heterocycles. The quantitative estimate of drug-likeness (QED) is 0.168. The van der Waals surface area contributed by atoms with Crippen molar-refractivity contribution in [1.29, 1.82) is 0 Å². The molecule has 0 aliphatic carbocycles. The molecule has 0 unspecified atom stereocenters. The molecule has 0 atom stereocenters. The van der Waals surface area contributed by atoms with Crippen molar-refractivity contribution in [1.82, 2.24) is 14.5 Å². The Bertz CT molecular complexity index is 3830. The molecule has 4 heteroatoms. The van der Waals surface area contributed by atoms with E-state index in [9.17, 15) is 0 Å². The average molecular weight is 712 g/mol. The van der Waals surface area contributed by atoms with E-state index in [0.29, 0.717) is 5.95 Å². The first kappa shape index (κ1) is 29.8. The van der Waals surface area contributed by atoms with Crippen LogP contribution in [0.5, 0.6) is 0 Å². The van der Waals surface area contributed by atoms with Crippen molar-refractivity contribution in [3.05, 3.63) is 176 Å². The number of hydrogen-bond acceptors (Lipinski definition) is 3. The number of para-hydroxylation sites is 3. The van der Waals surface area contributed by atoms with Crippen LogP contribution < -0.4 is 0 Å². The van der Waals surface area contributed by atoms with Gasteiger partial charge >= 0.3 is 0 Å². The highest BCUT2D eigenvalue weighted by molar-refractivity contribution is 6.44. The van der Waals surface area contributed by atoms with Crippen LogP contribution in [0.25, 0.3) is 126 Å². The van der Waals surface area contributed by atoms with Crippen LogP contribution in [0.2, 0.25) is 0 Å². The Balaban J connectivity index is 1.23. The lowest BCUT2D eigenvalue weighted by molar-refractivity contribution is 0.671. The summed E-state index contributed by atoms with van der Waals surface area (Å²) in [5, 5.41) is 17.7. The lowest BCUT2D eigenvalue weighted by atomic mass is 9.89. The fourth-order valence-electron chi connectivity index (χ4n) is 9.58. The third kappa shape index (κ3) is 3.92. The summed E-state index contributed by atoms with van der Waals surface area (Å²) in [7, 11) is 0. The summed E-state index contributed by atoms with van der Waals surface area (Å²) in [6.45, 7) is 0. The molecule has 0 N–H and O–H groups in total. The summed E-state index contributed by atoms with van der Waals surface area (Å²) in [5.74, 6) is 0.606. The van der Waals surface area contributed by atoms with Gasteiger partial charge in [0, 0.05) is 43.3 Å². The Morgan fingerprint density at radius 3 is 1.79 bits per heavy atom. The molecule has 0 saturated heterocycles. The number of fused-ring (bicyclic) bond motifs is 19. The van der Waals surface area contributed by atoms with Gasteiger partial charge in [-0.05, 0) is 67.4 Å². The average Bonchev–Trinajstić information content (AvgIpc) is 3.82. The summed E-state index contributed by atoms with van der Waals surface area (Å²) >= 11 is 0. The minimum absolute atomic E-state index is 0.606. The second-order valence-corrected chi connectivity index (χ2v) is 14.8. The zero-order valence-electron chi connectivity index (χ0n) is 30.0. The van der Waals surface area contributed by atoms with Crippen molar-refractivity contribution < 1.29 is 4.42 Å². The van der Waals surface area contributed by atoms with Gasteiger partial charge < -0.3 is 4.42 Å². The Morgan fingerprint density at radius 2 is 0.982 bits per heavy atom. The Morgan fingerprint density at radius 1 is 0.393 bits per heavy atom. The van der Waals surface area contributed by atoms with Gasteiger partial charge in [0.2, 0.25) is 5.95 Å². The van der Waals surface area contributed by atoms with E-state index in [1.807, 2.05) is 0 Å². The number of benzene rings is 10. The minimum Gasteiger partial charge on any atom is -0.454 e. The maximum absolute atomic E-state index is 7.04. The fourth-order valence-corrected chi connectivity index (χ4v) is 9.58. The first-order chi connectivity index (χ1) is 27.8. The van der Waals surface area contributed by atoms with Crippen LogP contribution >= 0.6 is 0 Å². The number of hydrogen-bond donors (Lipinski definition) is 0. The van der Waals surface area contributed by atoms with Crippen LogP contribution in [0.1, 0.15) is 0 Å². The second kappa shape index (κ2) is 11.0. The summed E-state index contributed by atoms with van der Waals surface area (Å²) < 4.78 is 9.29. The van der Waals surface area contributed by atoms with Crippen LogP contribution in [0, 0.1) is 0 Å². The molecule has 0 aliphatic heterocycles. The molecule has 4 nitrogen and oxygen atoms in total. The number of rotatable bonds is 2. The molecule has 13 aromatic rings. The van der Waals surface area contributed by atoms with E-state index >= 15 is 0 Å². The van der Waals surface area contributed by atoms with Gasteiger partial charge in [0.05, 0.1) is 16.7 Å². The summed E-state index contributed by atoms with van der Waals surface area (Å²) in [6, 6.07) is 62.8. The van der Waals surface area contributed by atoms with E-state index in [1.165, 1.54) is 53.9 Å². The van der Waals surface area contributed by atoms with Gasteiger partial charge in [0.1, 0.15) is 11.1 Å². The van der Waals surface area contributed by atoms with Crippen LogP contribution in [-0.4, -0.2) is 14.5 Å². The molecule has 0 saturated carbocycles.